The quantitative estimate of drug-likeness (QED) is 0.0939. The molecule has 290 valence electrons. The topological polar surface area (TPSA) is 325 Å². The van der Waals surface area contributed by atoms with E-state index in [9.17, 15) is 60.7 Å². The molecule has 21 nitrogen and oxygen atoms in total. The Balaban J connectivity index is 1.76. The van der Waals surface area contributed by atoms with E-state index in [1.165, 1.54) is 13.8 Å². The van der Waals surface area contributed by atoms with Crippen LogP contribution in [0.3, 0.4) is 0 Å². The molecule has 0 spiro atoms. The fraction of sp³-hybridized carbons (Fsp3) is 0.931. The van der Waals surface area contributed by atoms with Crippen LogP contribution in [-0.4, -0.2) is 205 Å². The van der Waals surface area contributed by atoms with Crippen LogP contribution in [-0.2, 0) is 42.7 Å². The number of aliphatic hydroxyl groups excluding tert-OH is 10. The number of carbonyl (C=O) groups is 2. The van der Waals surface area contributed by atoms with Gasteiger partial charge >= 0.3 is 0 Å². The number of hydrogen-bond acceptors (Lipinski definition) is 19. The van der Waals surface area contributed by atoms with Crippen molar-refractivity contribution in [2.75, 3.05) is 19.8 Å². The molecular weight excluding hydrogens is 680 g/mol. The number of nitrogens with one attached hydrogen (secondary N) is 2. The highest BCUT2D eigenvalue weighted by Gasteiger charge is 2.56. The van der Waals surface area contributed by atoms with Gasteiger partial charge in [-0.15, -0.1) is 0 Å². The van der Waals surface area contributed by atoms with E-state index in [-0.39, 0.29) is 0 Å². The normalized spacial score (nSPS) is 48.5. The second-order valence-corrected chi connectivity index (χ2v) is 12.9. The Labute approximate surface area is 286 Å². The van der Waals surface area contributed by atoms with Crippen LogP contribution in [0.2, 0.25) is 0 Å². The van der Waals surface area contributed by atoms with Gasteiger partial charge in [0.2, 0.25) is 11.8 Å². The monoisotopic (exact) mass is 730 g/mol. The predicted octanol–water partition coefficient (Wildman–Crippen LogP) is -7.36. The van der Waals surface area contributed by atoms with E-state index in [0.717, 1.165) is 6.92 Å². The van der Waals surface area contributed by atoms with Gasteiger partial charge in [0.15, 0.2) is 18.9 Å². The third kappa shape index (κ3) is 8.72. The molecule has 0 aromatic heterocycles. The highest BCUT2D eigenvalue weighted by Crippen LogP contribution is 2.35. The predicted molar refractivity (Wildman–Crippen MR) is 159 cm³/mol. The molecule has 4 rings (SSSR count). The molecule has 4 aliphatic heterocycles. The van der Waals surface area contributed by atoms with Gasteiger partial charge in [0.25, 0.3) is 0 Å². The van der Waals surface area contributed by atoms with E-state index in [0.29, 0.717) is 0 Å². The largest absolute Gasteiger partial charge is 0.394 e. The van der Waals surface area contributed by atoms with E-state index in [1.807, 2.05) is 0 Å². The number of aliphatic hydroxyl groups is 10. The first-order valence-electron chi connectivity index (χ1n) is 16.3. The Morgan fingerprint density at radius 2 is 0.960 bits per heavy atom. The Hall–Kier alpha value is -1.74. The minimum Gasteiger partial charge on any atom is -0.394 e. The number of hydrogen-bond donors (Lipinski definition) is 12. The average molecular weight is 731 g/mol. The fourth-order valence-electron chi connectivity index (χ4n) is 6.53. The molecule has 20 atom stereocenters. The first-order chi connectivity index (χ1) is 23.5. The van der Waals surface area contributed by atoms with Gasteiger partial charge in [-0.05, 0) is 13.8 Å². The third-order valence-electron chi connectivity index (χ3n) is 9.24. The second-order valence-electron chi connectivity index (χ2n) is 12.9. The van der Waals surface area contributed by atoms with E-state index < -0.39 is 154 Å². The lowest BCUT2D eigenvalue weighted by molar-refractivity contribution is -0.379. The Kier molecular flexibility index (Phi) is 14.3. The summed E-state index contributed by atoms with van der Waals surface area (Å²) in [6, 6.07) is -2.58. The van der Waals surface area contributed by atoms with E-state index >= 15 is 0 Å². The molecule has 50 heavy (non-hydrogen) atoms. The van der Waals surface area contributed by atoms with Gasteiger partial charge in [-0.2, -0.15) is 0 Å². The van der Waals surface area contributed by atoms with E-state index in [4.69, 9.17) is 33.2 Å². The van der Waals surface area contributed by atoms with Gasteiger partial charge < -0.3 is 94.9 Å². The van der Waals surface area contributed by atoms with Gasteiger partial charge in [-0.25, -0.2) is 0 Å². The van der Waals surface area contributed by atoms with Crippen molar-refractivity contribution in [3.63, 3.8) is 0 Å². The van der Waals surface area contributed by atoms with Crippen LogP contribution in [0.15, 0.2) is 0 Å². The molecule has 12 N–H and O–H groups in total. The van der Waals surface area contributed by atoms with Crippen molar-refractivity contribution in [1.82, 2.24) is 10.6 Å². The Morgan fingerprint density at radius 1 is 0.500 bits per heavy atom. The summed E-state index contributed by atoms with van der Waals surface area (Å²) >= 11 is 0. The van der Waals surface area contributed by atoms with Crippen molar-refractivity contribution >= 4 is 11.8 Å². The van der Waals surface area contributed by atoms with Crippen LogP contribution in [0.1, 0.15) is 27.7 Å². The summed E-state index contributed by atoms with van der Waals surface area (Å²) in [5.74, 6) is -1.24. The minimum atomic E-state index is -1.94. The van der Waals surface area contributed by atoms with Crippen molar-refractivity contribution in [3.05, 3.63) is 0 Å². The summed E-state index contributed by atoms with van der Waals surface area (Å²) in [4.78, 5) is 24.8. The zero-order valence-electron chi connectivity index (χ0n) is 27.8. The van der Waals surface area contributed by atoms with E-state index in [1.54, 1.807) is 6.92 Å². The maximum atomic E-state index is 12.6. The zero-order chi connectivity index (χ0) is 37.2. The number of carbonyl (C=O) groups excluding carboxylic acids is 2. The molecule has 0 saturated carbocycles. The van der Waals surface area contributed by atoms with Crippen LogP contribution >= 0.6 is 0 Å². The standard InChI is InChI=1S/C29H50N2O19/c1-8-15(30-10(3)35)25(19(39)13(6-33)44-8)49-27-16(31-11(4)36)26(50-28-22(42)20(40)17(37)9(2)45-28)24(14(7-34)47-27)48-29-23(43)21(41)18(38)12(5-32)46-29/h8-9,12-29,32-34,37-43H,5-7H2,1-4H3,(H,30,35)(H,31,36)/t8?,9?,12?,13?,14?,15?,16?,17-,18-,19-,20+,21-,22?,23?,24-,25+,26+,27-,28-,29-/m0/s1. The first kappa shape index (κ1) is 41.0. The lowest BCUT2D eigenvalue weighted by Crippen LogP contribution is -2.71. The van der Waals surface area contributed by atoms with Crippen molar-refractivity contribution in [1.29, 1.82) is 0 Å². The molecule has 0 bridgehead atoms. The molecular formula is C29H50N2O19. The summed E-state index contributed by atoms with van der Waals surface area (Å²) in [6.07, 6.45) is -28.4. The van der Waals surface area contributed by atoms with Crippen LogP contribution in [0.4, 0.5) is 0 Å². The van der Waals surface area contributed by atoms with Gasteiger partial charge in [0.05, 0.1) is 38.1 Å². The molecule has 0 aromatic rings. The molecule has 9 unspecified atom stereocenters. The van der Waals surface area contributed by atoms with Crippen molar-refractivity contribution < 1.29 is 93.8 Å². The SMILES string of the molecule is CC(=O)NC1C(C)OC(CO)[C@H](O)[C@@H]1O[C@@H]1OC(CO)[C@H](O[C@@H]2OC(CO)[C@H](O)[C@H](O)C2O)[C@H](O[C@@H]2OC(C)[C@H](O)[C@@H](O)C2O)C1NC(C)=O. The summed E-state index contributed by atoms with van der Waals surface area (Å²) < 4.78 is 41.1. The first-order valence-corrected chi connectivity index (χ1v) is 16.3. The Morgan fingerprint density at radius 3 is 1.52 bits per heavy atom. The third-order valence-corrected chi connectivity index (χ3v) is 9.24. The molecule has 0 radical (unpaired) electrons. The lowest BCUT2D eigenvalue weighted by atomic mass is 9.91. The summed E-state index contributed by atoms with van der Waals surface area (Å²) in [6.45, 7) is 2.90. The summed E-state index contributed by atoms with van der Waals surface area (Å²) in [5, 5.41) is 109. The fourth-order valence-corrected chi connectivity index (χ4v) is 6.53. The summed E-state index contributed by atoms with van der Waals surface area (Å²) in [5.41, 5.74) is 0. The molecule has 4 heterocycles. The Bertz CT molecular complexity index is 1120. The van der Waals surface area contributed by atoms with E-state index in [2.05, 4.69) is 10.6 Å². The molecule has 2 amide bonds. The van der Waals surface area contributed by atoms with Gasteiger partial charge in [-0.1, -0.05) is 0 Å². The van der Waals surface area contributed by atoms with Crippen LogP contribution in [0, 0.1) is 0 Å². The second kappa shape index (κ2) is 17.4. The maximum absolute atomic E-state index is 12.6. The highest BCUT2D eigenvalue weighted by atomic mass is 16.8. The smallest absolute Gasteiger partial charge is 0.217 e. The molecule has 0 aromatic carbocycles. The average Bonchev–Trinajstić information content (AvgIpc) is 3.07. The summed E-state index contributed by atoms with van der Waals surface area (Å²) in [7, 11) is 0. The molecule has 21 heteroatoms. The number of rotatable bonds is 11. The zero-order valence-corrected chi connectivity index (χ0v) is 27.8. The minimum absolute atomic E-state index is 0.530. The van der Waals surface area contributed by atoms with Crippen molar-refractivity contribution in [3.8, 4) is 0 Å². The number of ether oxygens (including phenoxy) is 7. The lowest BCUT2D eigenvalue weighted by Gasteiger charge is -2.51. The van der Waals surface area contributed by atoms with Gasteiger partial charge in [-0.3, -0.25) is 9.59 Å². The molecule has 4 aliphatic rings. The van der Waals surface area contributed by atoms with Crippen molar-refractivity contribution in [2.45, 2.75) is 150 Å². The molecule has 4 fully saturated rings. The van der Waals surface area contributed by atoms with Gasteiger partial charge in [0.1, 0.15) is 85.4 Å². The van der Waals surface area contributed by atoms with Crippen LogP contribution in [0.25, 0.3) is 0 Å². The number of amides is 2. The maximum Gasteiger partial charge on any atom is 0.217 e. The van der Waals surface area contributed by atoms with Crippen LogP contribution < -0.4 is 10.6 Å². The van der Waals surface area contributed by atoms with Gasteiger partial charge in [0, 0.05) is 13.8 Å². The van der Waals surface area contributed by atoms with Crippen LogP contribution in [0.5, 0.6) is 0 Å². The molecule has 0 aliphatic carbocycles. The van der Waals surface area contributed by atoms with Crippen molar-refractivity contribution in [2.24, 2.45) is 0 Å². The molecule has 4 saturated heterocycles. The highest BCUT2D eigenvalue weighted by molar-refractivity contribution is 5.73.